The molecule has 1 aliphatic heterocycles. The Bertz CT molecular complexity index is 1070. The number of nitrogens with one attached hydrogen (secondary N) is 1. The van der Waals surface area contributed by atoms with E-state index in [2.05, 4.69) is 5.32 Å². The number of amides is 2. The van der Waals surface area contributed by atoms with Gasteiger partial charge in [0.1, 0.15) is 5.58 Å². The molecule has 130 valence electrons. The van der Waals surface area contributed by atoms with Gasteiger partial charge in [0.05, 0.1) is 16.8 Å². The summed E-state index contributed by atoms with van der Waals surface area (Å²) < 4.78 is 5.57. The van der Waals surface area contributed by atoms with Gasteiger partial charge in [0, 0.05) is 19.0 Å². The van der Waals surface area contributed by atoms with E-state index in [-0.39, 0.29) is 17.1 Å². The molecule has 0 unspecified atom stereocenters. The molecule has 3 aromatic rings. The fourth-order valence-electron chi connectivity index (χ4n) is 3.12. The highest BCUT2D eigenvalue weighted by Gasteiger charge is 2.24. The molecule has 1 fully saturated rings. The second-order valence-electron chi connectivity index (χ2n) is 6.09. The lowest BCUT2D eigenvalue weighted by Crippen LogP contribution is -2.25. The van der Waals surface area contributed by atoms with Crippen molar-refractivity contribution in [1.29, 1.82) is 0 Å². The van der Waals surface area contributed by atoms with Gasteiger partial charge in [0.25, 0.3) is 5.91 Å². The molecule has 26 heavy (non-hydrogen) atoms. The second kappa shape index (κ2) is 6.48. The first kappa shape index (κ1) is 16.1. The molecule has 2 heterocycles. The van der Waals surface area contributed by atoms with Crippen LogP contribution < -0.4 is 15.6 Å². The number of hydrogen-bond donors (Lipinski definition) is 1. The first-order chi connectivity index (χ1) is 12.6. The molecule has 0 atom stereocenters. The maximum absolute atomic E-state index is 12.6. The molecule has 0 bridgehead atoms. The van der Waals surface area contributed by atoms with Crippen molar-refractivity contribution in [3.05, 3.63) is 70.6 Å². The van der Waals surface area contributed by atoms with E-state index in [0.29, 0.717) is 35.3 Å². The van der Waals surface area contributed by atoms with Gasteiger partial charge in [-0.1, -0.05) is 24.3 Å². The van der Waals surface area contributed by atoms with E-state index in [1.807, 2.05) is 6.07 Å². The average Bonchev–Trinajstić information content (AvgIpc) is 3.08. The number of hydrogen-bond acceptors (Lipinski definition) is 4. The van der Waals surface area contributed by atoms with Gasteiger partial charge in [-0.2, -0.15) is 0 Å². The van der Waals surface area contributed by atoms with Gasteiger partial charge in [-0.3, -0.25) is 14.4 Å². The molecular weight excluding hydrogens is 332 g/mol. The van der Waals surface area contributed by atoms with Gasteiger partial charge in [0.15, 0.2) is 11.2 Å². The highest BCUT2D eigenvalue weighted by Crippen LogP contribution is 2.29. The summed E-state index contributed by atoms with van der Waals surface area (Å²) in [6.45, 7) is 0.622. The molecule has 0 aliphatic carbocycles. The average molecular weight is 348 g/mol. The summed E-state index contributed by atoms with van der Waals surface area (Å²) in [6.07, 6.45) is 1.29. The van der Waals surface area contributed by atoms with Crippen LogP contribution in [0, 0.1) is 0 Å². The summed E-state index contributed by atoms with van der Waals surface area (Å²) in [5, 5.41) is 3.17. The summed E-state index contributed by atoms with van der Waals surface area (Å²) in [6, 6.07) is 15.0. The van der Waals surface area contributed by atoms with Crippen molar-refractivity contribution in [3.63, 3.8) is 0 Å². The number of nitrogens with zero attached hydrogens (tertiary/aromatic N) is 1. The molecule has 0 spiro atoms. The Labute approximate surface area is 149 Å². The molecule has 1 aromatic heterocycles. The fraction of sp³-hybridized carbons (Fsp3) is 0.150. The zero-order valence-electron chi connectivity index (χ0n) is 13.9. The predicted molar refractivity (Wildman–Crippen MR) is 98.5 cm³/mol. The molecule has 4 rings (SSSR count). The third-order valence-electron chi connectivity index (χ3n) is 4.37. The van der Waals surface area contributed by atoms with Crippen LogP contribution in [0.15, 0.2) is 63.8 Å². The maximum Gasteiger partial charge on any atom is 0.291 e. The number of benzene rings is 2. The van der Waals surface area contributed by atoms with Crippen molar-refractivity contribution in [1.82, 2.24) is 0 Å². The molecule has 1 aliphatic rings. The third kappa shape index (κ3) is 2.86. The molecule has 1 saturated heterocycles. The van der Waals surface area contributed by atoms with Gasteiger partial charge in [0.2, 0.25) is 5.91 Å². The number of rotatable bonds is 3. The molecule has 0 saturated carbocycles. The van der Waals surface area contributed by atoms with Crippen LogP contribution in [-0.2, 0) is 4.79 Å². The van der Waals surface area contributed by atoms with Crippen molar-refractivity contribution in [2.24, 2.45) is 0 Å². The van der Waals surface area contributed by atoms with Crippen LogP contribution in [0.1, 0.15) is 23.4 Å². The summed E-state index contributed by atoms with van der Waals surface area (Å²) in [5.41, 5.74) is 1.23. The van der Waals surface area contributed by atoms with Gasteiger partial charge < -0.3 is 14.6 Å². The van der Waals surface area contributed by atoms with Crippen molar-refractivity contribution in [2.45, 2.75) is 12.8 Å². The molecule has 6 nitrogen and oxygen atoms in total. The number of fused-ring (bicyclic) bond motifs is 1. The van der Waals surface area contributed by atoms with E-state index in [9.17, 15) is 14.4 Å². The zero-order chi connectivity index (χ0) is 18.1. The SMILES string of the molecule is O=C(Nc1ccccc1N1CCCC1=O)c1cc(=O)c2ccccc2o1. The van der Waals surface area contributed by atoms with E-state index in [1.165, 1.54) is 6.07 Å². The minimum absolute atomic E-state index is 0.0314. The van der Waals surface area contributed by atoms with Crippen molar-refractivity contribution < 1.29 is 14.0 Å². The first-order valence-corrected chi connectivity index (χ1v) is 8.37. The van der Waals surface area contributed by atoms with Crippen LogP contribution in [0.25, 0.3) is 11.0 Å². The first-order valence-electron chi connectivity index (χ1n) is 8.37. The molecule has 2 aromatic carbocycles. The minimum atomic E-state index is -0.535. The van der Waals surface area contributed by atoms with Crippen LogP contribution >= 0.6 is 0 Å². The Hall–Kier alpha value is -3.41. The standard InChI is InChI=1S/C20H16N2O4/c23-16-12-18(26-17-9-4-1-6-13(16)17)20(25)21-14-7-2-3-8-15(14)22-11-5-10-19(22)24/h1-4,6-9,12H,5,10-11H2,(H,21,25). The number of carbonyl (C=O) groups excluding carboxylic acids is 2. The van der Waals surface area contributed by atoms with E-state index in [4.69, 9.17) is 4.42 Å². The van der Waals surface area contributed by atoms with Gasteiger partial charge in [-0.05, 0) is 30.7 Å². The third-order valence-corrected chi connectivity index (χ3v) is 4.37. The van der Waals surface area contributed by atoms with Gasteiger partial charge in [-0.15, -0.1) is 0 Å². The second-order valence-corrected chi connectivity index (χ2v) is 6.09. The van der Waals surface area contributed by atoms with Crippen LogP contribution in [0.5, 0.6) is 0 Å². The summed E-state index contributed by atoms with van der Waals surface area (Å²) in [4.78, 5) is 38.5. The van der Waals surface area contributed by atoms with Crippen LogP contribution in [0.4, 0.5) is 11.4 Å². The number of anilines is 2. The Morgan fingerprint density at radius 2 is 1.81 bits per heavy atom. The summed E-state index contributed by atoms with van der Waals surface area (Å²) in [7, 11) is 0. The van der Waals surface area contributed by atoms with E-state index in [0.717, 1.165) is 6.42 Å². The minimum Gasteiger partial charge on any atom is -0.451 e. The van der Waals surface area contributed by atoms with Crippen molar-refractivity contribution in [3.8, 4) is 0 Å². The lowest BCUT2D eigenvalue weighted by atomic mass is 10.2. The highest BCUT2D eigenvalue weighted by molar-refractivity contribution is 6.07. The maximum atomic E-state index is 12.6. The topological polar surface area (TPSA) is 79.6 Å². The lowest BCUT2D eigenvalue weighted by molar-refractivity contribution is -0.117. The zero-order valence-corrected chi connectivity index (χ0v) is 13.9. The number of carbonyl (C=O) groups is 2. The van der Waals surface area contributed by atoms with Gasteiger partial charge >= 0.3 is 0 Å². The number of para-hydroxylation sites is 3. The van der Waals surface area contributed by atoms with E-state index < -0.39 is 5.91 Å². The van der Waals surface area contributed by atoms with E-state index in [1.54, 1.807) is 47.4 Å². The molecule has 2 amide bonds. The molecule has 6 heteroatoms. The van der Waals surface area contributed by atoms with Crippen molar-refractivity contribution >= 4 is 34.2 Å². The fourth-order valence-corrected chi connectivity index (χ4v) is 3.12. The lowest BCUT2D eigenvalue weighted by Gasteiger charge is -2.19. The largest absolute Gasteiger partial charge is 0.451 e. The monoisotopic (exact) mass is 348 g/mol. The predicted octanol–water partition coefficient (Wildman–Crippen LogP) is 3.17. The Kier molecular flexibility index (Phi) is 4.01. The summed E-state index contributed by atoms with van der Waals surface area (Å²) >= 11 is 0. The normalized spacial score (nSPS) is 14.0. The Morgan fingerprint density at radius 3 is 2.62 bits per heavy atom. The molecular formula is C20H16N2O4. The molecule has 0 radical (unpaired) electrons. The van der Waals surface area contributed by atoms with Gasteiger partial charge in [-0.25, -0.2) is 0 Å². The highest BCUT2D eigenvalue weighted by atomic mass is 16.3. The molecule has 1 N–H and O–H groups in total. The Morgan fingerprint density at radius 1 is 1.04 bits per heavy atom. The van der Waals surface area contributed by atoms with Crippen LogP contribution in [0.3, 0.4) is 0 Å². The van der Waals surface area contributed by atoms with Crippen LogP contribution in [0.2, 0.25) is 0 Å². The van der Waals surface area contributed by atoms with Crippen molar-refractivity contribution in [2.75, 3.05) is 16.8 Å². The Balaban J connectivity index is 1.67. The quantitative estimate of drug-likeness (QED) is 0.788. The van der Waals surface area contributed by atoms with E-state index >= 15 is 0 Å². The van der Waals surface area contributed by atoms with Crippen LogP contribution in [-0.4, -0.2) is 18.4 Å². The summed E-state index contributed by atoms with van der Waals surface area (Å²) in [5.74, 6) is -0.577. The smallest absolute Gasteiger partial charge is 0.291 e.